The van der Waals surface area contributed by atoms with Gasteiger partial charge in [0.1, 0.15) is 17.3 Å². The summed E-state index contributed by atoms with van der Waals surface area (Å²) in [6.07, 6.45) is 4.04. The van der Waals surface area contributed by atoms with Gasteiger partial charge in [0.25, 0.3) is 0 Å². The van der Waals surface area contributed by atoms with Gasteiger partial charge in [-0.25, -0.2) is 10.4 Å². The number of phenols is 1. The first-order valence-electron chi connectivity index (χ1n) is 9.41. The summed E-state index contributed by atoms with van der Waals surface area (Å²) in [5, 5.41) is 17.1. The molecule has 0 radical (unpaired) electrons. The van der Waals surface area contributed by atoms with Crippen molar-refractivity contribution >= 4 is 23.0 Å². The van der Waals surface area contributed by atoms with Gasteiger partial charge in [0.05, 0.1) is 25.2 Å². The molecule has 144 valence electrons. The van der Waals surface area contributed by atoms with Crippen LogP contribution in [0.4, 0.5) is 0 Å². The minimum atomic E-state index is -0.180. The van der Waals surface area contributed by atoms with Crippen molar-refractivity contribution in [3.05, 3.63) is 45.4 Å². The number of benzene rings is 1. The fraction of sp³-hybridized carbons (Fsp3) is 0.450. The Balaban J connectivity index is 1.62. The van der Waals surface area contributed by atoms with Gasteiger partial charge in [-0.05, 0) is 56.9 Å². The average molecular weight is 388 g/mol. The minimum Gasteiger partial charge on any atom is -0.507 e. The molecule has 0 saturated carbocycles. The van der Waals surface area contributed by atoms with Crippen LogP contribution < -0.4 is 10.3 Å². The number of rotatable bonds is 6. The zero-order valence-corrected chi connectivity index (χ0v) is 16.7. The molecule has 1 aliphatic heterocycles. The van der Waals surface area contributed by atoms with E-state index in [9.17, 15) is 9.90 Å². The quantitative estimate of drug-likeness (QED) is 0.522. The highest BCUT2D eigenvalue weighted by Crippen LogP contribution is 2.18. The maximum Gasteiger partial charge on any atom is 0.246 e. The molecule has 1 aromatic heterocycles. The van der Waals surface area contributed by atoms with Crippen LogP contribution in [-0.4, -0.2) is 34.8 Å². The Bertz CT molecular complexity index is 825. The molecule has 0 unspecified atom stereocenters. The van der Waals surface area contributed by atoms with Crippen molar-refractivity contribution in [1.29, 1.82) is 0 Å². The average Bonchev–Trinajstić information content (AvgIpc) is 3.07. The molecule has 3 N–H and O–H groups in total. The van der Waals surface area contributed by atoms with Crippen LogP contribution in [0.25, 0.3) is 0 Å². The fourth-order valence-corrected chi connectivity index (χ4v) is 4.09. The van der Waals surface area contributed by atoms with Gasteiger partial charge in [-0.3, -0.25) is 4.79 Å². The lowest BCUT2D eigenvalue weighted by atomic mass is 10.0. The summed E-state index contributed by atoms with van der Waals surface area (Å²) in [7, 11) is 0. The van der Waals surface area contributed by atoms with E-state index in [1.165, 1.54) is 35.5 Å². The maximum atomic E-state index is 12.0. The van der Waals surface area contributed by atoms with E-state index in [0.717, 1.165) is 41.5 Å². The number of hydrogen-bond donors (Lipinski definition) is 3. The summed E-state index contributed by atoms with van der Waals surface area (Å²) in [4.78, 5) is 17.8. The third-order valence-corrected chi connectivity index (χ3v) is 5.79. The Kier molecular flexibility index (Phi) is 6.58. The molecule has 1 amide bonds. The van der Waals surface area contributed by atoms with Crippen molar-refractivity contribution < 1.29 is 14.8 Å². The molecule has 3 rings (SSSR count). The van der Waals surface area contributed by atoms with Gasteiger partial charge in [0.2, 0.25) is 5.91 Å². The van der Waals surface area contributed by atoms with Crippen LogP contribution in [0.15, 0.2) is 28.7 Å². The minimum absolute atomic E-state index is 0.180. The molecular weight excluding hydrogens is 360 g/mol. The molecule has 0 atom stereocenters. The molecule has 2 aromatic rings. The Labute approximate surface area is 163 Å². The Morgan fingerprint density at radius 1 is 1.33 bits per heavy atom. The third kappa shape index (κ3) is 5.61. The van der Waals surface area contributed by atoms with E-state index in [1.54, 1.807) is 6.07 Å². The van der Waals surface area contributed by atoms with Gasteiger partial charge in [-0.2, -0.15) is 5.10 Å². The summed E-state index contributed by atoms with van der Waals surface area (Å²) in [6.45, 7) is 6.90. The number of likely N-dealkylation sites (tertiary alicyclic amines) is 1. The number of hydrogen-bond acceptors (Lipinski definition) is 5. The second-order valence-corrected chi connectivity index (χ2v) is 8.07. The van der Waals surface area contributed by atoms with E-state index in [4.69, 9.17) is 0 Å². The molecule has 1 fully saturated rings. The van der Waals surface area contributed by atoms with Crippen LogP contribution >= 0.6 is 11.3 Å². The molecule has 7 heteroatoms. The van der Waals surface area contributed by atoms with Gasteiger partial charge < -0.3 is 10.0 Å². The first-order valence-corrected chi connectivity index (χ1v) is 10.3. The molecule has 0 aliphatic carbocycles. The number of phenolic OH excluding ortho intramolecular Hbond substituents is 1. The normalized spacial score (nSPS) is 15.7. The van der Waals surface area contributed by atoms with Crippen LogP contribution in [0.5, 0.6) is 5.75 Å². The molecular formula is C20H27N4O2S+. The first kappa shape index (κ1) is 19.5. The maximum absolute atomic E-state index is 12.0. The number of aryl methyl sites for hydroxylation is 1. The molecule has 2 heterocycles. The second kappa shape index (κ2) is 9.10. The summed E-state index contributed by atoms with van der Waals surface area (Å²) < 4.78 is 0. The van der Waals surface area contributed by atoms with Crippen molar-refractivity contribution in [1.82, 2.24) is 10.4 Å². The van der Waals surface area contributed by atoms with Crippen LogP contribution in [-0.2, 0) is 17.8 Å². The molecule has 6 nitrogen and oxygen atoms in total. The highest BCUT2D eigenvalue weighted by atomic mass is 32.1. The number of piperidine rings is 1. The van der Waals surface area contributed by atoms with Crippen molar-refractivity contribution in [3.8, 4) is 5.75 Å². The number of nitrogens with zero attached hydrogens (tertiary/aromatic N) is 2. The van der Waals surface area contributed by atoms with Gasteiger partial charge in [-0.1, -0.05) is 0 Å². The Morgan fingerprint density at radius 2 is 2.11 bits per heavy atom. The number of hydrazone groups is 1. The topological polar surface area (TPSA) is 79.0 Å². The summed E-state index contributed by atoms with van der Waals surface area (Å²) in [5.41, 5.74) is 6.09. The summed E-state index contributed by atoms with van der Waals surface area (Å²) in [5.74, 6) is 0.147. The molecule has 1 aliphatic rings. The zero-order valence-electron chi connectivity index (χ0n) is 15.9. The first-order chi connectivity index (χ1) is 13.0. The highest BCUT2D eigenvalue weighted by molar-refractivity contribution is 7.09. The number of quaternary nitrogens is 1. The van der Waals surface area contributed by atoms with Crippen LogP contribution in [0.3, 0.4) is 0 Å². The van der Waals surface area contributed by atoms with Crippen molar-refractivity contribution in [2.24, 2.45) is 5.10 Å². The number of carbonyl (C=O) groups is 1. The van der Waals surface area contributed by atoms with E-state index in [1.807, 2.05) is 31.4 Å². The lowest BCUT2D eigenvalue weighted by molar-refractivity contribution is -0.918. The number of thiazole rings is 1. The van der Waals surface area contributed by atoms with Gasteiger partial charge in [0.15, 0.2) is 0 Å². The van der Waals surface area contributed by atoms with Crippen LogP contribution in [0, 0.1) is 6.92 Å². The highest BCUT2D eigenvalue weighted by Gasteiger charge is 2.16. The molecule has 27 heavy (non-hydrogen) atoms. The predicted molar refractivity (Wildman–Crippen MR) is 107 cm³/mol. The van der Waals surface area contributed by atoms with Crippen LogP contribution in [0.1, 0.15) is 48.0 Å². The van der Waals surface area contributed by atoms with E-state index >= 15 is 0 Å². The van der Waals surface area contributed by atoms with E-state index in [2.05, 4.69) is 15.5 Å². The number of aromatic hydroxyl groups is 1. The fourth-order valence-electron chi connectivity index (χ4n) is 3.32. The molecule has 1 saturated heterocycles. The summed E-state index contributed by atoms with van der Waals surface area (Å²) in [6, 6.07) is 5.53. The number of carbonyl (C=O) groups excluding carboxylic acids is 1. The number of nitrogens with one attached hydrogen (secondary N) is 2. The van der Waals surface area contributed by atoms with Crippen molar-refractivity contribution in [3.63, 3.8) is 0 Å². The van der Waals surface area contributed by atoms with Crippen molar-refractivity contribution in [2.75, 3.05) is 13.1 Å². The Morgan fingerprint density at radius 3 is 2.81 bits per heavy atom. The largest absolute Gasteiger partial charge is 0.507 e. The summed E-state index contributed by atoms with van der Waals surface area (Å²) >= 11 is 1.48. The molecule has 0 bridgehead atoms. The SMILES string of the molecule is C/C(=N\NC(=O)Cc1nc(C)cs1)c1ccc(O)c(C[NH+]2CCCCC2)c1. The van der Waals surface area contributed by atoms with Crippen molar-refractivity contribution in [2.45, 2.75) is 46.1 Å². The van der Waals surface area contributed by atoms with E-state index in [0.29, 0.717) is 11.5 Å². The number of amides is 1. The molecule has 0 spiro atoms. The zero-order chi connectivity index (χ0) is 19.2. The van der Waals surface area contributed by atoms with Crippen LogP contribution in [0.2, 0.25) is 0 Å². The second-order valence-electron chi connectivity index (χ2n) is 7.12. The number of aromatic nitrogens is 1. The standard InChI is InChI=1S/C20H26N4O2S/c1-14-13-27-20(21-14)11-19(26)23-22-15(2)16-6-7-18(25)17(10-16)12-24-8-4-3-5-9-24/h6-7,10,13,25H,3-5,8-9,11-12H2,1-2H3,(H,23,26)/p+1/b22-15+. The monoisotopic (exact) mass is 387 g/mol. The smallest absolute Gasteiger partial charge is 0.246 e. The molecule has 1 aromatic carbocycles. The third-order valence-electron chi connectivity index (χ3n) is 4.83. The van der Waals surface area contributed by atoms with E-state index in [-0.39, 0.29) is 12.3 Å². The van der Waals surface area contributed by atoms with Gasteiger partial charge in [0, 0.05) is 16.6 Å². The van der Waals surface area contributed by atoms with Gasteiger partial charge in [-0.15, -0.1) is 11.3 Å². The lowest BCUT2D eigenvalue weighted by Gasteiger charge is -2.24. The lowest BCUT2D eigenvalue weighted by Crippen LogP contribution is -3.11. The van der Waals surface area contributed by atoms with Gasteiger partial charge >= 0.3 is 0 Å². The predicted octanol–water partition coefficient (Wildman–Crippen LogP) is 1.81. The Hall–Kier alpha value is -2.25. The van der Waals surface area contributed by atoms with E-state index < -0.39 is 0 Å².